The molecule has 0 N–H and O–H groups in total. The van der Waals surface area contributed by atoms with Gasteiger partial charge in [0.1, 0.15) is 6.61 Å². The van der Waals surface area contributed by atoms with Crippen LogP contribution in [-0.4, -0.2) is 25.3 Å². The highest BCUT2D eigenvalue weighted by Gasteiger charge is 2.07. The second-order valence-corrected chi connectivity index (χ2v) is 3.33. The minimum atomic E-state index is -0.258. The Kier molecular flexibility index (Phi) is 4.40. The van der Waals surface area contributed by atoms with E-state index in [-0.39, 0.29) is 12.1 Å². The molecule has 0 saturated carbocycles. The van der Waals surface area contributed by atoms with Crippen LogP contribution in [0.3, 0.4) is 0 Å². The van der Waals surface area contributed by atoms with Crippen molar-refractivity contribution >= 4 is 5.97 Å². The minimum Gasteiger partial charge on any atom is -0.462 e. The molecule has 0 aromatic rings. The number of esters is 1. The third kappa shape index (κ3) is 4.23. The second kappa shape index (κ2) is 5.60. The molecule has 0 aliphatic carbocycles. The predicted octanol–water partition coefficient (Wildman–Crippen LogP) is 1.84. The van der Waals surface area contributed by atoms with Crippen LogP contribution in [0, 0.1) is 0 Å². The van der Waals surface area contributed by atoms with E-state index in [1.165, 1.54) is 12.5 Å². The summed E-state index contributed by atoms with van der Waals surface area (Å²) in [6.45, 7) is 4.58. The Morgan fingerprint density at radius 1 is 1.79 bits per heavy atom. The van der Waals surface area contributed by atoms with Gasteiger partial charge in [0, 0.05) is 6.92 Å². The molecule has 1 aliphatic rings. The molecule has 1 aliphatic heterocycles. The molecule has 0 amide bonds. The van der Waals surface area contributed by atoms with Gasteiger partial charge in [-0.25, -0.2) is 0 Å². The second-order valence-electron chi connectivity index (χ2n) is 3.33. The van der Waals surface area contributed by atoms with Crippen LogP contribution in [0.1, 0.15) is 20.3 Å². The van der Waals surface area contributed by atoms with Gasteiger partial charge >= 0.3 is 5.97 Å². The molecule has 0 spiro atoms. The lowest BCUT2D eigenvalue weighted by atomic mass is 10.1. The van der Waals surface area contributed by atoms with Crippen LogP contribution in [0.25, 0.3) is 0 Å². The van der Waals surface area contributed by atoms with Crippen molar-refractivity contribution < 1.29 is 14.3 Å². The normalized spacial score (nSPS) is 22.1. The van der Waals surface area contributed by atoms with Gasteiger partial charge in [0.25, 0.3) is 0 Å². The highest BCUT2D eigenvalue weighted by molar-refractivity contribution is 5.65. The van der Waals surface area contributed by atoms with Crippen molar-refractivity contribution in [1.82, 2.24) is 0 Å². The van der Waals surface area contributed by atoms with E-state index in [0.29, 0.717) is 6.61 Å². The van der Waals surface area contributed by atoms with E-state index in [9.17, 15) is 4.79 Å². The monoisotopic (exact) mass is 196 g/mol. The molecule has 0 bridgehead atoms. The zero-order chi connectivity index (χ0) is 10.4. The Hall–Kier alpha value is -1.09. The van der Waals surface area contributed by atoms with E-state index in [4.69, 9.17) is 9.47 Å². The van der Waals surface area contributed by atoms with Crippen molar-refractivity contribution in [3.63, 3.8) is 0 Å². The minimum absolute atomic E-state index is 0.0410. The number of ether oxygens (including phenoxy) is 2. The lowest BCUT2D eigenvalue weighted by Crippen LogP contribution is -2.14. The number of hydrogen-bond donors (Lipinski definition) is 0. The SMILES string of the molecule is CC(=O)OCC=CC1C=C(C)CCO1. The average Bonchev–Trinajstić information content (AvgIpc) is 2.12. The third-order valence-corrected chi connectivity index (χ3v) is 1.96. The van der Waals surface area contributed by atoms with E-state index >= 15 is 0 Å². The summed E-state index contributed by atoms with van der Waals surface area (Å²) in [5.74, 6) is -0.258. The fraction of sp³-hybridized carbons (Fsp3) is 0.545. The topological polar surface area (TPSA) is 35.5 Å². The summed E-state index contributed by atoms with van der Waals surface area (Å²) < 4.78 is 10.2. The Bertz CT molecular complexity index is 253. The molecule has 0 aromatic heterocycles. The molecule has 1 rings (SSSR count). The first-order chi connectivity index (χ1) is 6.68. The van der Waals surface area contributed by atoms with Gasteiger partial charge in [-0.1, -0.05) is 17.7 Å². The molecule has 3 heteroatoms. The van der Waals surface area contributed by atoms with Gasteiger partial charge in [-0.2, -0.15) is 0 Å². The first-order valence-corrected chi connectivity index (χ1v) is 4.77. The lowest BCUT2D eigenvalue weighted by Gasteiger charge is -2.17. The third-order valence-electron chi connectivity index (χ3n) is 1.96. The molecule has 3 nitrogen and oxygen atoms in total. The van der Waals surface area contributed by atoms with Crippen molar-refractivity contribution in [2.24, 2.45) is 0 Å². The van der Waals surface area contributed by atoms with Crippen molar-refractivity contribution in [3.05, 3.63) is 23.8 Å². The van der Waals surface area contributed by atoms with Gasteiger partial charge in [-0.05, 0) is 19.4 Å². The zero-order valence-corrected chi connectivity index (χ0v) is 8.66. The summed E-state index contributed by atoms with van der Waals surface area (Å²) in [4.78, 5) is 10.4. The van der Waals surface area contributed by atoms with Crippen LogP contribution in [0.5, 0.6) is 0 Å². The summed E-state index contributed by atoms with van der Waals surface area (Å²) in [6, 6.07) is 0. The highest BCUT2D eigenvalue weighted by atomic mass is 16.5. The average molecular weight is 196 g/mol. The molecule has 78 valence electrons. The fourth-order valence-corrected chi connectivity index (χ4v) is 1.23. The maximum atomic E-state index is 10.4. The van der Waals surface area contributed by atoms with Crippen molar-refractivity contribution in [1.29, 1.82) is 0 Å². The standard InChI is InChI=1S/C11H16O3/c1-9-5-7-14-11(8-9)4-3-6-13-10(2)12/h3-4,8,11H,5-7H2,1-2H3. The van der Waals surface area contributed by atoms with E-state index < -0.39 is 0 Å². The summed E-state index contributed by atoms with van der Waals surface area (Å²) in [5, 5.41) is 0. The Labute approximate surface area is 84.4 Å². The quantitative estimate of drug-likeness (QED) is 0.510. The Morgan fingerprint density at radius 3 is 3.21 bits per heavy atom. The van der Waals surface area contributed by atoms with Gasteiger partial charge < -0.3 is 9.47 Å². The van der Waals surface area contributed by atoms with Crippen LogP contribution < -0.4 is 0 Å². The number of carbonyl (C=O) groups excluding carboxylic acids is 1. The van der Waals surface area contributed by atoms with Gasteiger partial charge in [-0.3, -0.25) is 4.79 Å². The molecule has 1 heterocycles. The highest BCUT2D eigenvalue weighted by Crippen LogP contribution is 2.12. The number of hydrogen-bond acceptors (Lipinski definition) is 3. The van der Waals surface area contributed by atoms with Crippen LogP contribution in [0.4, 0.5) is 0 Å². The molecule has 0 aromatic carbocycles. The summed E-state index contributed by atoms with van der Waals surface area (Å²) >= 11 is 0. The van der Waals surface area contributed by atoms with Crippen molar-refractivity contribution in [2.75, 3.05) is 13.2 Å². The maximum absolute atomic E-state index is 10.4. The van der Waals surface area contributed by atoms with Gasteiger partial charge in [0.2, 0.25) is 0 Å². The van der Waals surface area contributed by atoms with E-state index in [1.54, 1.807) is 6.08 Å². The fourth-order valence-electron chi connectivity index (χ4n) is 1.23. The maximum Gasteiger partial charge on any atom is 0.302 e. The molecular weight excluding hydrogens is 180 g/mol. The number of carbonyl (C=O) groups is 1. The zero-order valence-electron chi connectivity index (χ0n) is 8.66. The molecule has 0 radical (unpaired) electrons. The van der Waals surface area contributed by atoms with Crippen LogP contribution >= 0.6 is 0 Å². The molecular formula is C11H16O3. The van der Waals surface area contributed by atoms with Crippen molar-refractivity contribution in [3.8, 4) is 0 Å². The van der Waals surface area contributed by atoms with Gasteiger partial charge in [0.15, 0.2) is 0 Å². The largest absolute Gasteiger partial charge is 0.462 e. The van der Waals surface area contributed by atoms with Gasteiger partial charge in [-0.15, -0.1) is 0 Å². The van der Waals surface area contributed by atoms with Crippen LogP contribution in [0.2, 0.25) is 0 Å². The lowest BCUT2D eigenvalue weighted by molar-refractivity contribution is -0.139. The molecule has 1 atom stereocenters. The van der Waals surface area contributed by atoms with E-state index in [2.05, 4.69) is 13.0 Å². The van der Waals surface area contributed by atoms with Crippen LogP contribution in [-0.2, 0) is 14.3 Å². The number of rotatable bonds is 3. The molecule has 14 heavy (non-hydrogen) atoms. The molecule has 1 unspecified atom stereocenters. The summed E-state index contributed by atoms with van der Waals surface area (Å²) in [5.41, 5.74) is 1.35. The Morgan fingerprint density at radius 2 is 2.57 bits per heavy atom. The van der Waals surface area contributed by atoms with E-state index in [0.717, 1.165) is 13.0 Å². The summed E-state index contributed by atoms with van der Waals surface area (Å²) in [7, 11) is 0. The van der Waals surface area contributed by atoms with Crippen molar-refractivity contribution in [2.45, 2.75) is 26.4 Å². The van der Waals surface area contributed by atoms with E-state index in [1.807, 2.05) is 6.08 Å². The van der Waals surface area contributed by atoms with Crippen LogP contribution in [0.15, 0.2) is 23.8 Å². The van der Waals surface area contributed by atoms with Gasteiger partial charge in [0.05, 0.1) is 12.7 Å². The first kappa shape index (κ1) is 11.0. The molecule has 0 saturated heterocycles. The summed E-state index contributed by atoms with van der Waals surface area (Å²) in [6.07, 6.45) is 6.84. The Balaban J connectivity index is 2.29. The predicted molar refractivity (Wildman–Crippen MR) is 53.9 cm³/mol. The smallest absolute Gasteiger partial charge is 0.302 e. The first-order valence-electron chi connectivity index (χ1n) is 4.77. The molecule has 0 fully saturated rings.